The Kier molecular flexibility index (Phi) is 8.68. The summed E-state index contributed by atoms with van der Waals surface area (Å²) in [7, 11) is 3.21. The first-order valence-electron chi connectivity index (χ1n) is 10.7. The highest BCUT2D eigenvalue weighted by atomic mass is 16.6. The highest BCUT2D eigenvalue weighted by Gasteiger charge is 2.14. The number of hydrogen-bond donors (Lipinski definition) is 2. The predicted octanol–water partition coefficient (Wildman–Crippen LogP) is 3.42. The molecular weight excluding hydrogens is 412 g/mol. The number of non-ortho nitro benzene ring substituents is 1. The summed E-state index contributed by atoms with van der Waals surface area (Å²) in [6.07, 6.45) is 3.46. The molecule has 3 rings (SSSR count). The van der Waals surface area contributed by atoms with Crippen molar-refractivity contribution >= 4 is 11.6 Å². The SMILES string of the molecule is COc1ccc(CN=C(NCc2ccc([N+](=O)[O-])cc2)NCC2CCCCO2)cc1OC. The van der Waals surface area contributed by atoms with Crippen LogP contribution >= 0.6 is 0 Å². The van der Waals surface area contributed by atoms with Crippen molar-refractivity contribution in [1.29, 1.82) is 0 Å². The minimum Gasteiger partial charge on any atom is -0.493 e. The first-order chi connectivity index (χ1) is 15.6. The molecule has 172 valence electrons. The lowest BCUT2D eigenvalue weighted by Gasteiger charge is -2.24. The first-order valence-corrected chi connectivity index (χ1v) is 10.7. The van der Waals surface area contributed by atoms with E-state index in [0.29, 0.717) is 37.1 Å². The first kappa shape index (κ1) is 23.3. The second-order valence-electron chi connectivity index (χ2n) is 7.50. The number of aliphatic imine (C=N–C) groups is 1. The van der Waals surface area contributed by atoms with Gasteiger partial charge in [0.15, 0.2) is 17.5 Å². The monoisotopic (exact) mass is 442 g/mol. The van der Waals surface area contributed by atoms with Crippen LogP contribution in [0.2, 0.25) is 0 Å². The standard InChI is InChI=1S/C23H30N4O5/c1-30-21-11-8-18(13-22(21)31-2)15-25-23(26-16-20-5-3-4-12-32-20)24-14-17-6-9-19(10-7-17)27(28)29/h6-11,13,20H,3-5,12,14-16H2,1-2H3,(H2,24,25,26). The molecule has 1 aliphatic heterocycles. The van der Waals surface area contributed by atoms with Gasteiger partial charge in [-0.15, -0.1) is 0 Å². The Labute approximate surface area is 187 Å². The Balaban J connectivity index is 1.66. The number of guanidine groups is 1. The highest BCUT2D eigenvalue weighted by Crippen LogP contribution is 2.27. The molecule has 32 heavy (non-hydrogen) atoms. The Morgan fingerprint density at radius 3 is 2.50 bits per heavy atom. The number of methoxy groups -OCH3 is 2. The van der Waals surface area contributed by atoms with Crippen molar-refractivity contribution in [2.45, 2.75) is 38.5 Å². The van der Waals surface area contributed by atoms with E-state index in [1.165, 1.54) is 18.6 Å². The van der Waals surface area contributed by atoms with Crippen LogP contribution in [-0.4, -0.2) is 44.4 Å². The number of nitro groups is 1. The van der Waals surface area contributed by atoms with Crippen LogP contribution in [0.5, 0.6) is 11.5 Å². The smallest absolute Gasteiger partial charge is 0.269 e. The number of hydrogen-bond acceptors (Lipinski definition) is 6. The van der Waals surface area contributed by atoms with Crippen molar-refractivity contribution in [3.05, 3.63) is 63.7 Å². The number of nitrogens with one attached hydrogen (secondary N) is 2. The van der Waals surface area contributed by atoms with Crippen molar-refractivity contribution in [2.75, 3.05) is 27.4 Å². The van der Waals surface area contributed by atoms with Gasteiger partial charge in [-0.05, 0) is 42.5 Å². The number of benzene rings is 2. The van der Waals surface area contributed by atoms with E-state index >= 15 is 0 Å². The third-order valence-corrected chi connectivity index (χ3v) is 5.25. The molecule has 2 aromatic rings. The molecule has 0 spiro atoms. The van der Waals surface area contributed by atoms with E-state index in [4.69, 9.17) is 19.2 Å². The van der Waals surface area contributed by atoms with Gasteiger partial charge in [0.2, 0.25) is 0 Å². The fourth-order valence-electron chi connectivity index (χ4n) is 3.42. The molecule has 1 saturated heterocycles. The molecule has 1 aliphatic rings. The number of ether oxygens (including phenoxy) is 3. The van der Waals surface area contributed by atoms with Crippen LogP contribution < -0.4 is 20.1 Å². The second kappa shape index (κ2) is 11.9. The zero-order chi connectivity index (χ0) is 22.8. The average Bonchev–Trinajstić information content (AvgIpc) is 2.84. The quantitative estimate of drug-likeness (QED) is 0.265. The van der Waals surface area contributed by atoms with Gasteiger partial charge >= 0.3 is 0 Å². The molecule has 1 unspecified atom stereocenters. The Morgan fingerprint density at radius 1 is 1.09 bits per heavy atom. The molecule has 9 nitrogen and oxygen atoms in total. The second-order valence-corrected chi connectivity index (χ2v) is 7.50. The van der Waals surface area contributed by atoms with E-state index in [-0.39, 0.29) is 11.8 Å². The van der Waals surface area contributed by atoms with Crippen molar-refractivity contribution in [1.82, 2.24) is 10.6 Å². The minimum absolute atomic E-state index is 0.0728. The summed E-state index contributed by atoms with van der Waals surface area (Å²) in [4.78, 5) is 15.2. The van der Waals surface area contributed by atoms with Crippen LogP contribution in [0.3, 0.4) is 0 Å². The Bertz CT molecular complexity index is 911. The maximum absolute atomic E-state index is 10.9. The van der Waals surface area contributed by atoms with E-state index in [0.717, 1.165) is 30.6 Å². The lowest BCUT2D eigenvalue weighted by atomic mass is 10.1. The molecule has 9 heteroatoms. The largest absolute Gasteiger partial charge is 0.493 e. The summed E-state index contributed by atoms with van der Waals surface area (Å²) in [6.45, 7) is 2.39. The van der Waals surface area contributed by atoms with Gasteiger partial charge in [-0.3, -0.25) is 10.1 Å². The van der Waals surface area contributed by atoms with E-state index in [2.05, 4.69) is 10.6 Å². The summed E-state index contributed by atoms with van der Waals surface area (Å²) < 4.78 is 16.5. The Morgan fingerprint density at radius 2 is 1.84 bits per heavy atom. The molecule has 1 atom stereocenters. The number of nitrogens with zero attached hydrogens (tertiary/aromatic N) is 2. The van der Waals surface area contributed by atoms with Crippen LogP contribution in [0, 0.1) is 10.1 Å². The van der Waals surface area contributed by atoms with Gasteiger partial charge in [-0.2, -0.15) is 0 Å². The van der Waals surface area contributed by atoms with Crippen LogP contribution in [0.4, 0.5) is 5.69 Å². The minimum atomic E-state index is -0.404. The molecule has 0 amide bonds. The molecule has 0 radical (unpaired) electrons. The molecule has 2 aromatic carbocycles. The van der Waals surface area contributed by atoms with Crippen LogP contribution in [0.15, 0.2) is 47.5 Å². The van der Waals surface area contributed by atoms with Crippen molar-refractivity contribution < 1.29 is 19.1 Å². The molecule has 1 heterocycles. The summed E-state index contributed by atoms with van der Waals surface area (Å²) in [5.74, 6) is 1.97. The topological polar surface area (TPSA) is 107 Å². The van der Waals surface area contributed by atoms with Crippen LogP contribution in [-0.2, 0) is 17.8 Å². The molecular formula is C23H30N4O5. The molecule has 0 saturated carbocycles. The summed E-state index contributed by atoms with van der Waals surface area (Å²) in [6, 6.07) is 12.2. The number of rotatable bonds is 9. The molecule has 0 aromatic heterocycles. The van der Waals surface area contributed by atoms with Gasteiger partial charge in [-0.25, -0.2) is 4.99 Å². The zero-order valence-corrected chi connectivity index (χ0v) is 18.5. The summed E-state index contributed by atoms with van der Waals surface area (Å²) >= 11 is 0. The van der Waals surface area contributed by atoms with Gasteiger partial charge in [0, 0.05) is 31.8 Å². The number of nitro benzene ring substituents is 1. The van der Waals surface area contributed by atoms with E-state index < -0.39 is 4.92 Å². The third-order valence-electron chi connectivity index (χ3n) is 5.25. The normalized spacial score (nSPS) is 16.3. The Hall–Kier alpha value is -3.33. The summed E-state index contributed by atoms with van der Waals surface area (Å²) in [5, 5.41) is 17.5. The van der Waals surface area contributed by atoms with Gasteiger partial charge in [0.1, 0.15) is 0 Å². The maximum atomic E-state index is 10.9. The van der Waals surface area contributed by atoms with Crippen molar-refractivity contribution in [2.24, 2.45) is 4.99 Å². The van der Waals surface area contributed by atoms with Crippen molar-refractivity contribution in [3.8, 4) is 11.5 Å². The average molecular weight is 443 g/mol. The fourth-order valence-corrected chi connectivity index (χ4v) is 3.42. The van der Waals surface area contributed by atoms with Crippen molar-refractivity contribution in [3.63, 3.8) is 0 Å². The fraction of sp³-hybridized carbons (Fsp3) is 0.435. The van der Waals surface area contributed by atoms with Crippen LogP contribution in [0.25, 0.3) is 0 Å². The molecule has 1 fully saturated rings. The van der Waals surface area contributed by atoms with Gasteiger partial charge < -0.3 is 24.8 Å². The van der Waals surface area contributed by atoms with E-state index in [1.54, 1.807) is 26.4 Å². The van der Waals surface area contributed by atoms with E-state index in [1.807, 2.05) is 18.2 Å². The van der Waals surface area contributed by atoms with E-state index in [9.17, 15) is 10.1 Å². The van der Waals surface area contributed by atoms with Crippen LogP contribution in [0.1, 0.15) is 30.4 Å². The maximum Gasteiger partial charge on any atom is 0.269 e. The molecule has 2 N–H and O–H groups in total. The van der Waals surface area contributed by atoms with Gasteiger partial charge in [0.05, 0.1) is 31.8 Å². The van der Waals surface area contributed by atoms with Gasteiger partial charge in [0.25, 0.3) is 5.69 Å². The summed E-state index contributed by atoms with van der Waals surface area (Å²) in [5.41, 5.74) is 1.97. The molecule has 0 aliphatic carbocycles. The molecule has 0 bridgehead atoms. The van der Waals surface area contributed by atoms with Gasteiger partial charge in [-0.1, -0.05) is 18.2 Å². The highest BCUT2D eigenvalue weighted by molar-refractivity contribution is 5.79. The lowest BCUT2D eigenvalue weighted by Crippen LogP contribution is -2.42. The predicted molar refractivity (Wildman–Crippen MR) is 122 cm³/mol. The lowest BCUT2D eigenvalue weighted by molar-refractivity contribution is -0.384. The third kappa shape index (κ3) is 6.84. The zero-order valence-electron chi connectivity index (χ0n) is 18.5.